The van der Waals surface area contributed by atoms with Gasteiger partial charge in [-0.05, 0) is 24.6 Å². The Kier molecular flexibility index (Phi) is 4.70. The third-order valence-corrected chi connectivity index (χ3v) is 4.76. The third-order valence-electron chi connectivity index (χ3n) is 4.76. The Morgan fingerprint density at radius 1 is 1.22 bits per heavy atom. The number of carboxylic acid groups (broad SMARTS) is 1. The van der Waals surface area contributed by atoms with Gasteiger partial charge in [0.15, 0.2) is 11.5 Å². The molecule has 1 atom stereocenters. The fraction of sp³-hybridized carbons (Fsp3) is 0.421. The minimum absolute atomic E-state index is 0.0474. The Hall–Kier alpha value is -3.03. The second-order valence-electron chi connectivity index (χ2n) is 6.72. The van der Waals surface area contributed by atoms with Crippen LogP contribution in [0.15, 0.2) is 30.3 Å². The summed E-state index contributed by atoms with van der Waals surface area (Å²) in [5.41, 5.74) is 1.66. The number of carbonyl (C=O) groups excluding carboxylic acids is 1. The van der Waals surface area contributed by atoms with E-state index >= 15 is 0 Å². The van der Waals surface area contributed by atoms with Crippen molar-refractivity contribution in [2.24, 2.45) is 0 Å². The number of aromatic nitrogens is 2. The zero-order valence-corrected chi connectivity index (χ0v) is 14.8. The first-order chi connectivity index (χ1) is 13.1. The molecule has 2 aromatic rings. The van der Waals surface area contributed by atoms with Crippen LogP contribution in [0.5, 0.6) is 11.5 Å². The average molecular weight is 371 g/mol. The molecule has 0 fully saturated rings. The molecular weight excluding hydrogens is 350 g/mol. The molecule has 0 aliphatic carbocycles. The lowest BCUT2D eigenvalue weighted by Gasteiger charge is -2.30. The van der Waals surface area contributed by atoms with Gasteiger partial charge in [0.25, 0.3) is 5.91 Å². The Bertz CT molecular complexity index is 863. The number of amides is 1. The summed E-state index contributed by atoms with van der Waals surface area (Å²) in [4.78, 5) is 25.5. The van der Waals surface area contributed by atoms with E-state index in [0.717, 1.165) is 17.8 Å². The number of ether oxygens (including phenoxy) is 2. The molecule has 2 aliphatic rings. The topological polar surface area (TPSA) is 93.9 Å². The fourth-order valence-corrected chi connectivity index (χ4v) is 3.41. The minimum atomic E-state index is -0.843. The molecule has 1 aromatic carbocycles. The molecule has 0 spiro atoms. The molecule has 0 bridgehead atoms. The van der Waals surface area contributed by atoms with Gasteiger partial charge in [-0.15, -0.1) is 0 Å². The number of carbonyl (C=O) groups is 2. The Morgan fingerprint density at radius 2 is 2.04 bits per heavy atom. The number of aliphatic carboxylic acids is 1. The summed E-state index contributed by atoms with van der Waals surface area (Å²) in [6.45, 7) is 1.95. The predicted molar refractivity (Wildman–Crippen MR) is 94.6 cm³/mol. The lowest BCUT2D eigenvalue weighted by molar-refractivity contribution is -0.142. The normalized spacial score (nSPS) is 18.5. The van der Waals surface area contributed by atoms with Crippen molar-refractivity contribution in [3.8, 4) is 11.5 Å². The highest BCUT2D eigenvalue weighted by atomic mass is 16.6. The van der Waals surface area contributed by atoms with E-state index in [9.17, 15) is 9.59 Å². The van der Waals surface area contributed by atoms with Gasteiger partial charge in [0.1, 0.15) is 6.61 Å². The van der Waals surface area contributed by atoms with Crippen LogP contribution in [0.25, 0.3) is 0 Å². The van der Waals surface area contributed by atoms with Crippen LogP contribution in [0, 0.1) is 0 Å². The van der Waals surface area contributed by atoms with Crippen molar-refractivity contribution in [3.63, 3.8) is 0 Å². The van der Waals surface area contributed by atoms with Crippen LogP contribution in [0.3, 0.4) is 0 Å². The molecular formula is C19H21N3O5. The Morgan fingerprint density at radius 3 is 2.85 bits per heavy atom. The summed E-state index contributed by atoms with van der Waals surface area (Å²) in [5, 5.41) is 13.3. The first-order valence-corrected chi connectivity index (χ1v) is 9.05. The van der Waals surface area contributed by atoms with Gasteiger partial charge in [-0.1, -0.05) is 12.1 Å². The third kappa shape index (κ3) is 3.74. The molecule has 27 heavy (non-hydrogen) atoms. The van der Waals surface area contributed by atoms with Crippen molar-refractivity contribution >= 4 is 11.9 Å². The van der Waals surface area contributed by atoms with Gasteiger partial charge in [0, 0.05) is 19.5 Å². The van der Waals surface area contributed by atoms with E-state index in [1.807, 2.05) is 28.9 Å². The van der Waals surface area contributed by atoms with Crippen LogP contribution < -0.4 is 9.47 Å². The molecule has 2 aliphatic heterocycles. The Balaban J connectivity index is 1.45. The number of hydrogen-bond donors (Lipinski definition) is 1. The van der Waals surface area contributed by atoms with Gasteiger partial charge >= 0.3 is 5.97 Å². The standard InChI is InChI=1S/C19H21N3O5/c23-18(24)7-6-13-10-14-11-21(8-3-9-22(14)20-13)19(25)17-12-26-15-4-1-2-5-16(15)27-17/h1-2,4-5,10,17H,3,6-9,11-12H2,(H,23,24)/t17-/m0/s1. The lowest BCUT2D eigenvalue weighted by atomic mass is 10.2. The fourth-order valence-electron chi connectivity index (χ4n) is 3.41. The van der Waals surface area contributed by atoms with Crippen LogP contribution in [0.4, 0.5) is 0 Å². The second kappa shape index (κ2) is 7.30. The average Bonchev–Trinajstić information content (AvgIpc) is 2.95. The number of benzene rings is 1. The van der Waals surface area contributed by atoms with Gasteiger partial charge in [-0.3, -0.25) is 14.3 Å². The molecule has 0 saturated heterocycles. The molecule has 0 unspecified atom stereocenters. The van der Waals surface area contributed by atoms with E-state index in [-0.39, 0.29) is 18.9 Å². The van der Waals surface area contributed by atoms with E-state index in [1.54, 1.807) is 11.0 Å². The monoisotopic (exact) mass is 371 g/mol. The minimum Gasteiger partial charge on any atom is -0.485 e. The number of fused-ring (bicyclic) bond motifs is 2. The summed E-state index contributed by atoms with van der Waals surface area (Å²) in [7, 11) is 0. The van der Waals surface area contributed by atoms with Gasteiger partial charge < -0.3 is 19.5 Å². The summed E-state index contributed by atoms with van der Waals surface area (Å²) in [5.74, 6) is 0.285. The van der Waals surface area contributed by atoms with E-state index in [4.69, 9.17) is 14.6 Å². The molecule has 1 N–H and O–H groups in total. The van der Waals surface area contributed by atoms with Crippen LogP contribution in [-0.4, -0.2) is 50.9 Å². The summed E-state index contributed by atoms with van der Waals surface area (Å²) >= 11 is 0. The molecule has 0 saturated carbocycles. The first-order valence-electron chi connectivity index (χ1n) is 9.05. The molecule has 4 rings (SSSR count). The quantitative estimate of drug-likeness (QED) is 0.875. The van der Waals surface area contributed by atoms with Crippen LogP contribution in [-0.2, 0) is 29.1 Å². The Labute approximate surface area is 156 Å². The second-order valence-corrected chi connectivity index (χ2v) is 6.72. The summed E-state index contributed by atoms with van der Waals surface area (Å²) in [6, 6.07) is 9.21. The highest BCUT2D eigenvalue weighted by molar-refractivity contribution is 5.82. The molecule has 8 nitrogen and oxygen atoms in total. The van der Waals surface area contributed by atoms with E-state index in [0.29, 0.717) is 37.6 Å². The largest absolute Gasteiger partial charge is 0.485 e. The van der Waals surface area contributed by atoms with E-state index in [1.165, 1.54) is 0 Å². The van der Waals surface area contributed by atoms with Crippen LogP contribution in [0.2, 0.25) is 0 Å². The number of hydrogen-bond acceptors (Lipinski definition) is 5. The van der Waals surface area contributed by atoms with Crippen molar-refractivity contribution in [1.82, 2.24) is 14.7 Å². The number of nitrogens with zero attached hydrogens (tertiary/aromatic N) is 3. The van der Waals surface area contributed by atoms with Crippen LogP contribution >= 0.6 is 0 Å². The van der Waals surface area contributed by atoms with Crippen LogP contribution in [0.1, 0.15) is 24.2 Å². The van der Waals surface area contributed by atoms with E-state index in [2.05, 4.69) is 5.10 Å². The van der Waals surface area contributed by atoms with Crippen molar-refractivity contribution in [2.75, 3.05) is 13.2 Å². The SMILES string of the molecule is O=C(O)CCc1cc2n(n1)CCCN(C(=O)[C@@H]1COc3ccccc3O1)C2. The summed E-state index contributed by atoms with van der Waals surface area (Å²) < 4.78 is 13.4. The van der Waals surface area contributed by atoms with Crippen molar-refractivity contribution in [2.45, 2.75) is 38.5 Å². The van der Waals surface area contributed by atoms with Gasteiger partial charge in [0.2, 0.25) is 6.10 Å². The maximum atomic E-state index is 13.0. The lowest BCUT2D eigenvalue weighted by Crippen LogP contribution is -2.46. The van der Waals surface area contributed by atoms with Gasteiger partial charge in [-0.25, -0.2) is 0 Å². The molecule has 3 heterocycles. The smallest absolute Gasteiger partial charge is 0.303 e. The molecule has 1 amide bonds. The number of aryl methyl sites for hydroxylation is 2. The molecule has 142 valence electrons. The maximum Gasteiger partial charge on any atom is 0.303 e. The van der Waals surface area contributed by atoms with Gasteiger partial charge in [0.05, 0.1) is 24.4 Å². The zero-order valence-electron chi connectivity index (χ0n) is 14.8. The number of carboxylic acids is 1. The predicted octanol–water partition coefficient (Wildman–Crippen LogP) is 1.47. The van der Waals surface area contributed by atoms with Crippen molar-refractivity contribution < 1.29 is 24.2 Å². The molecule has 1 aromatic heterocycles. The number of rotatable bonds is 4. The molecule has 0 radical (unpaired) electrons. The van der Waals surface area contributed by atoms with E-state index < -0.39 is 12.1 Å². The van der Waals surface area contributed by atoms with Crippen molar-refractivity contribution in [1.29, 1.82) is 0 Å². The summed E-state index contributed by atoms with van der Waals surface area (Å²) in [6.07, 6.45) is 0.551. The molecule has 8 heteroatoms. The van der Waals surface area contributed by atoms with Crippen molar-refractivity contribution in [3.05, 3.63) is 41.7 Å². The van der Waals surface area contributed by atoms with Gasteiger partial charge in [-0.2, -0.15) is 5.10 Å². The highest BCUT2D eigenvalue weighted by Gasteiger charge is 2.32. The zero-order chi connectivity index (χ0) is 18.8. The highest BCUT2D eigenvalue weighted by Crippen LogP contribution is 2.31. The number of para-hydroxylation sites is 2. The maximum absolute atomic E-state index is 13.0. The first kappa shape index (κ1) is 17.4.